The predicted molar refractivity (Wildman–Crippen MR) is 352 cm³/mol. The van der Waals surface area contributed by atoms with Gasteiger partial charge in [-0.15, -0.1) is 0 Å². The Balaban J connectivity index is 0.000000197. The third-order valence-electron chi connectivity index (χ3n) is 12.6. The van der Waals surface area contributed by atoms with E-state index in [1.54, 1.807) is 49.7 Å². The lowest BCUT2D eigenvalue weighted by Gasteiger charge is -2.21. The second kappa shape index (κ2) is 31.5. The monoisotopic (exact) mass is 1060 g/mol. The molecule has 0 unspecified atom stereocenters. The fraction of sp³-hybridized carbons (Fsp3) is 0.222. The maximum atomic E-state index is 4.61. The number of benzene rings is 8. The minimum Gasteiger partial charge on any atom is -0.255 e. The van der Waals surface area contributed by atoms with Crippen LogP contribution in [-0.2, 0) is 10.8 Å². The minimum absolute atomic E-state index is 0.0733. The predicted octanol–water partition coefficient (Wildman–Crippen LogP) is 20.2. The SMILES string of the molecule is CC(C)(C)c1ccccc1N=CC=Nc1ccccc1C(C)(C)C.Cc1ccc(N=CC=Nc2ccc(C)cc2)cc1.Cc1cccc(C)c1N=CC=Nc1c(C)cccc1C.Cc1ccccc1N=CC=Nc1ccccc1C. The summed E-state index contributed by atoms with van der Waals surface area (Å²) in [7, 11) is 0. The van der Waals surface area contributed by atoms with Crippen LogP contribution in [0.15, 0.2) is 222 Å². The molecule has 8 nitrogen and oxygen atoms in total. The van der Waals surface area contributed by atoms with Crippen LogP contribution in [0.25, 0.3) is 0 Å². The van der Waals surface area contributed by atoms with E-state index in [0.29, 0.717) is 0 Å². The quantitative estimate of drug-likeness (QED) is 0.109. The van der Waals surface area contributed by atoms with Gasteiger partial charge in [-0.05, 0) is 159 Å². The van der Waals surface area contributed by atoms with Gasteiger partial charge in [0.25, 0.3) is 0 Å². The molecule has 408 valence electrons. The van der Waals surface area contributed by atoms with Crippen molar-refractivity contribution < 1.29 is 0 Å². The Labute approximate surface area is 478 Å². The average molecular weight is 1060 g/mol. The van der Waals surface area contributed by atoms with E-state index in [1.807, 2.05) is 135 Å². The van der Waals surface area contributed by atoms with Gasteiger partial charge in [0, 0.05) is 49.7 Å². The van der Waals surface area contributed by atoms with Crippen LogP contribution in [0, 0.1) is 55.4 Å². The summed E-state index contributed by atoms with van der Waals surface area (Å²) in [5, 5.41) is 0. The summed E-state index contributed by atoms with van der Waals surface area (Å²) < 4.78 is 0. The van der Waals surface area contributed by atoms with Crippen LogP contribution in [-0.4, -0.2) is 49.7 Å². The Hall–Kier alpha value is -8.88. The molecule has 0 N–H and O–H groups in total. The smallest absolute Gasteiger partial charge is 0.0688 e. The first-order valence-corrected chi connectivity index (χ1v) is 27.1. The van der Waals surface area contributed by atoms with Crippen molar-refractivity contribution in [3.8, 4) is 0 Å². The van der Waals surface area contributed by atoms with Gasteiger partial charge in [-0.3, -0.25) is 39.9 Å². The first-order valence-electron chi connectivity index (χ1n) is 27.1. The van der Waals surface area contributed by atoms with Crippen LogP contribution in [0.3, 0.4) is 0 Å². The molecule has 8 aromatic carbocycles. The first kappa shape index (κ1) is 62.0. The highest BCUT2D eigenvalue weighted by atomic mass is 14.8. The summed E-state index contributed by atoms with van der Waals surface area (Å²) >= 11 is 0. The number of hydrogen-bond acceptors (Lipinski definition) is 8. The maximum Gasteiger partial charge on any atom is 0.0688 e. The highest BCUT2D eigenvalue weighted by Gasteiger charge is 2.18. The number of aryl methyl sites for hydroxylation is 8. The van der Waals surface area contributed by atoms with Crippen molar-refractivity contribution in [3.05, 3.63) is 238 Å². The topological polar surface area (TPSA) is 98.9 Å². The molecule has 0 aliphatic carbocycles. The molecule has 0 radical (unpaired) electrons. The second-order valence-corrected chi connectivity index (χ2v) is 21.5. The number of hydrogen-bond donors (Lipinski definition) is 0. The van der Waals surface area contributed by atoms with Gasteiger partial charge in [0.15, 0.2) is 0 Å². The molecule has 0 saturated carbocycles. The molecule has 0 atom stereocenters. The molecule has 0 saturated heterocycles. The van der Waals surface area contributed by atoms with Crippen molar-refractivity contribution >= 4 is 95.2 Å². The van der Waals surface area contributed by atoms with Crippen LogP contribution in [0.4, 0.5) is 45.5 Å². The van der Waals surface area contributed by atoms with Gasteiger partial charge in [-0.1, -0.05) is 186 Å². The van der Waals surface area contributed by atoms with Crippen molar-refractivity contribution in [2.45, 2.75) is 108 Å². The van der Waals surface area contributed by atoms with Crippen LogP contribution < -0.4 is 0 Å². The van der Waals surface area contributed by atoms with Gasteiger partial charge in [-0.25, -0.2) is 0 Å². The zero-order valence-corrected chi connectivity index (χ0v) is 49.5. The van der Waals surface area contributed by atoms with E-state index in [2.05, 4.69) is 184 Å². The van der Waals surface area contributed by atoms with E-state index in [9.17, 15) is 0 Å². The molecule has 8 heteroatoms. The second-order valence-electron chi connectivity index (χ2n) is 21.5. The molecule has 0 aromatic heterocycles. The summed E-state index contributed by atoms with van der Waals surface area (Å²) in [6.45, 7) is 29.7. The molecule has 0 aliphatic heterocycles. The molecule has 8 aromatic rings. The van der Waals surface area contributed by atoms with Gasteiger partial charge in [0.2, 0.25) is 0 Å². The molecule has 0 amide bonds. The number of aliphatic imine (C=N–C) groups is 8. The Morgan fingerprint density at radius 2 is 0.487 bits per heavy atom. The van der Waals surface area contributed by atoms with E-state index < -0.39 is 0 Å². The largest absolute Gasteiger partial charge is 0.255 e. The van der Waals surface area contributed by atoms with Crippen LogP contribution >= 0.6 is 0 Å². The van der Waals surface area contributed by atoms with Crippen molar-refractivity contribution in [1.29, 1.82) is 0 Å². The molecule has 0 aliphatic rings. The van der Waals surface area contributed by atoms with Crippen LogP contribution in [0.1, 0.15) is 97.2 Å². The Morgan fingerprint density at radius 3 is 0.800 bits per heavy atom. The summed E-state index contributed by atoms with van der Waals surface area (Å²) in [5.41, 5.74) is 20.1. The minimum atomic E-state index is 0.0733. The van der Waals surface area contributed by atoms with Crippen molar-refractivity contribution in [1.82, 2.24) is 0 Å². The molecule has 8 rings (SSSR count). The lowest BCUT2D eigenvalue weighted by Crippen LogP contribution is -2.11. The van der Waals surface area contributed by atoms with E-state index in [4.69, 9.17) is 0 Å². The van der Waals surface area contributed by atoms with Crippen molar-refractivity contribution in [3.63, 3.8) is 0 Å². The van der Waals surface area contributed by atoms with E-state index in [-0.39, 0.29) is 10.8 Å². The van der Waals surface area contributed by atoms with Gasteiger partial charge in [0.05, 0.1) is 45.5 Å². The highest BCUT2D eigenvalue weighted by molar-refractivity contribution is 6.19. The average Bonchev–Trinajstić information content (AvgIpc) is 3.43. The van der Waals surface area contributed by atoms with Crippen molar-refractivity contribution in [2.24, 2.45) is 39.9 Å². The van der Waals surface area contributed by atoms with E-state index in [1.165, 1.54) is 44.5 Å². The first-order chi connectivity index (χ1) is 38.3. The molecule has 0 fully saturated rings. The van der Waals surface area contributed by atoms with Gasteiger partial charge in [0.1, 0.15) is 0 Å². The Kier molecular flexibility index (Phi) is 24.4. The van der Waals surface area contributed by atoms with Crippen LogP contribution in [0.5, 0.6) is 0 Å². The number of rotatable bonds is 12. The standard InChI is InChI=1S/C22H28N2.C18H20N2.2C16H16N2/c1-21(2,3)17-11-7-9-13-19(17)23-15-16-24-20-14-10-8-12-18(20)22(4,5)6;1-13-7-5-8-14(2)17(13)19-11-12-20-18-15(3)9-6-10-16(18)4;1-13-3-7-15(8-4-13)17-11-12-18-16-9-5-14(2)6-10-16;1-13-7-3-5-9-15(13)17-11-12-18-16-10-6-4-8-14(16)2/h7-16H,1-6H3;5-12H,1-4H3;2*3-12H,1-2H3. The van der Waals surface area contributed by atoms with E-state index in [0.717, 1.165) is 56.6 Å². The molecule has 80 heavy (non-hydrogen) atoms. The van der Waals surface area contributed by atoms with Gasteiger partial charge in [-0.2, -0.15) is 0 Å². The lowest BCUT2D eigenvalue weighted by molar-refractivity contribution is 0.591. The van der Waals surface area contributed by atoms with Crippen molar-refractivity contribution in [2.75, 3.05) is 0 Å². The summed E-state index contributed by atoms with van der Waals surface area (Å²) in [6.07, 6.45) is 14.0. The summed E-state index contributed by atoms with van der Waals surface area (Å²) in [5.74, 6) is 0. The summed E-state index contributed by atoms with van der Waals surface area (Å²) in [6, 6.07) is 61.1. The maximum absolute atomic E-state index is 4.61. The van der Waals surface area contributed by atoms with Crippen LogP contribution in [0.2, 0.25) is 0 Å². The van der Waals surface area contributed by atoms with Gasteiger partial charge < -0.3 is 0 Å². The Morgan fingerprint density at radius 1 is 0.237 bits per heavy atom. The third kappa shape index (κ3) is 21.2. The fourth-order valence-corrected chi connectivity index (χ4v) is 8.05. The number of para-hydroxylation sites is 6. The number of nitrogens with zero attached hydrogens (tertiary/aromatic N) is 8. The lowest BCUT2D eigenvalue weighted by atomic mass is 9.86. The molecule has 0 bridgehead atoms. The Bertz CT molecular complexity index is 3190. The molecule has 0 spiro atoms. The van der Waals surface area contributed by atoms with E-state index >= 15 is 0 Å². The third-order valence-corrected chi connectivity index (χ3v) is 12.6. The molecular formula is C72H80N8. The van der Waals surface area contributed by atoms with Gasteiger partial charge >= 0.3 is 0 Å². The highest BCUT2D eigenvalue weighted by Crippen LogP contribution is 2.33. The zero-order valence-electron chi connectivity index (χ0n) is 49.5. The molecule has 0 heterocycles. The zero-order chi connectivity index (χ0) is 57.9. The molecular weight excluding hydrogens is 977 g/mol. The fourth-order valence-electron chi connectivity index (χ4n) is 8.05. The normalized spacial score (nSPS) is 12.0. The summed E-state index contributed by atoms with van der Waals surface area (Å²) in [4.78, 5) is 35.6.